The van der Waals surface area contributed by atoms with Gasteiger partial charge in [-0.2, -0.15) is 0 Å². The molecule has 0 bridgehead atoms. The molecule has 1 aliphatic rings. The Balaban J connectivity index is 2.26. The fraction of sp³-hybridized carbons (Fsp3) is 0.692. The van der Waals surface area contributed by atoms with Crippen LogP contribution in [0.1, 0.15) is 20.8 Å². The maximum absolute atomic E-state index is 11.6. The van der Waals surface area contributed by atoms with Crippen LogP contribution in [-0.2, 0) is 9.53 Å². The summed E-state index contributed by atoms with van der Waals surface area (Å²) in [6.45, 7) is 10.9. The molecule has 1 fully saturated rings. The Labute approximate surface area is 114 Å². The summed E-state index contributed by atoms with van der Waals surface area (Å²) in [5, 5.41) is 5.57. The normalized spacial score (nSPS) is 20.1. The molecule has 3 amide bonds. The van der Waals surface area contributed by atoms with Gasteiger partial charge in [-0.1, -0.05) is 12.2 Å². The Hall–Kier alpha value is -1.56. The average Bonchev–Trinajstić information content (AvgIpc) is 2.60. The molecule has 0 aromatic rings. The Kier molecular flexibility index (Phi) is 5.82. The SMILES string of the molecule is C=C(C)COCC(=O)NC(C)CN1C(=O)NCC1C. The van der Waals surface area contributed by atoms with Gasteiger partial charge in [0.05, 0.1) is 6.61 Å². The molecule has 1 saturated heterocycles. The first-order chi connectivity index (χ1) is 8.90. The Morgan fingerprint density at radius 3 is 2.84 bits per heavy atom. The Morgan fingerprint density at radius 2 is 2.32 bits per heavy atom. The first kappa shape index (κ1) is 15.5. The minimum absolute atomic E-state index is 0.0128. The summed E-state index contributed by atoms with van der Waals surface area (Å²) >= 11 is 0. The lowest BCUT2D eigenvalue weighted by molar-refractivity contribution is -0.126. The lowest BCUT2D eigenvalue weighted by atomic mass is 10.2. The van der Waals surface area contributed by atoms with Gasteiger partial charge in [-0.05, 0) is 20.8 Å². The molecule has 1 aliphatic heterocycles. The summed E-state index contributed by atoms with van der Waals surface area (Å²) in [4.78, 5) is 24.8. The summed E-state index contributed by atoms with van der Waals surface area (Å²) in [7, 11) is 0. The van der Waals surface area contributed by atoms with E-state index in [1.54, 1.807) is 4.90 Å². The maximum atomic E-state index is 11.6. The second-order valence-corrected chi connectivity index (χ2v) is 5.11. The summed E-state index contributed by atoms with van der Waals surface area (Å²) in [6.07, 6.45) is 0. The van der Waals surface area contributed by atoms with Gasteiger partial charge in [-0.3, -0.25) is 4.79 Å². The largest absolute Gasteiger partial charge is 0.367 e. The first-order valence-electron chi connectivity index (χ1n) is 6.46. The number of amides is 3. The van der Waals surface area contributed by atoms with E-state index < -0.39 is 0 Å². The maximum Gasteiger partial charge on any atom is 0.317 e. The molecule has 0 radical (unpaired) electrons. The zero-order valence-corrected chi connectivity index (χ0v) is 11.9. The van der Waals surface area contributed by atoms with Gasteiger partial charge >= 0.3 is 6.03 Å². The molecule has 0 aliphatic carbocycles. The lowest BCUT2D eigenvalue weighted by Gasteiger charge is -2.24. The molecule has 2 atom stereocenters. The van der Waals surface area contributed by atoms with E-state index in [4.69, 9.17) is 4.74 Å². The second-order valence-electron chi connectivity index (χ2n) is 5.11. The average molecular weight is 269 g/mol. The van der Waals surface area contributed by atoms with Crippen molar-refractivity contribution in [3.05, 3.63) is 12.2 Å². The van der Waals surface area contributed by atoms with Crippen LogP contribution in [0.4, 0.5) is 4.79 Å². The monoisotopic (exact) mass is 269 g/mol. The van der Waals surface area contributed by atoms with Gasteiger partial charge in [0.25, 0.3) is 0 Å². The molecule has 0 spiro atoms. The highest BCUT2D eigenvalue weighted by atomic mass is 16.5. The van der Waals surface area contributed by atoms with Crippen molar-refractivity contribution >= 4 is 11.9 Å². The summed E-state index contributed by atoms with van der Waals surface area (Å²) < 4.78 is 5.17. The number of nitrogens with one attached hydrogen (secondary N) is 2. The van der Waals surface area contributed by atoms with E-state index in [-0.39, 0.29) is 30.6 Å². The van der Waals surface area contributed by atoms with Gasteiger partial charge in [-0.25, -0.2) is 4.79 Å². The van der Waals surface area contributed by atoms with Crippen LogP contribution in [0.2, 0.25) is 0 Å². The number of ether oxygens (including phenoxy) is 1. The van der Waals surface area contributed by atoms with Crippen LogP contribution in [0.5, 0.6) is 0 Å². The fourth-order valence-corrected chi connectivity index (χ4v) is 1.88. The molecular formula is C13H23N3O3. The first-order valence-corrected chi connectivity index (χ1v) is 6.46. The highest BCUT2D eigenvalue weighted by Gasteiger charge is 2.28. The standard InChI is InChI=1S/C13H23N3O3/c1-9(2)7-19-8-12(17)15-10(3)6-16-11(4)5-14-13(16)18/h10-11H,1,5-8H2,2-4H3,(H,14,18)(H,15,17). The van der Waals surface area contributed by atoms with Crippen LogP contribution in [0.15, 0.2) is 12.2 Å². The summed E-state index contributed by atoms with van der Waals surface area (Å²) in [5.41, 5.74) is 0.878. The highest BCUT2D eigenvalue weighted by molar-refractivity contribution is 5.78. The van der Waals surface area contributed by atoms with Crippen LogP contribution >= 0.6 is 0 Å². The highest BCUT2D eigenvalue weighted by Crippen LogP contribution is 2.06. The molecule has 2 unspecified atom stereocenters. The van der Waals surface area contributed by atoms with E-state index in [0.29, 0.717) is 19.7 Å². The van der Waals surface area contributed by atoms with Crippen molar-refractivity contribution in [2.24, 2.45) is 0 Å². The second kappa shape index (κ2) is 7.13. The molecule has 108 valence electrons. The molecule has 0 saturated carbocycles. The van der Waals surface area contributed by atoms with Gasteiger partial charge in [0, 0.05) is 25.2 Å². The van der Waals surface area contributed by atoms with Crippen LogP contribution in [-0.4, -0.2) is 55.2 Å². The van der Waals surface area contributed by atoms with E-state index >= 15 is 0 Å². The molecule has 2 N–H and O–H groups in total. The van der Waals surface area contributed by atoms with Crippen molar-refractivity contribution in [3.8, 4) is 0 Å². The number of carbonyl (C=O) groups excluding carboxylic acids is 2. The summed E-state index contributed by atoms with van der Waals surface area (Å²) in [5.74, 6) is -0.180. The number of hydrogen-bond acceptors (Lipinski definition) is 3. The van der Waals surface area contributed by atoms with Crippen molar-refractivity contribution in [2.75, 3.05) is 26.3 Å². The van der Waals surface area contributed by atoms with Crippen molar-refractivity contribution < 1.29 is 14.3 Å². The van der Waals surface area contributed by atoms with E-state index in [2.05, 4.69) is 17.2 Å². The van der Waals surface area contributed by atoms with Gasteiger partial charge in [0.15, 0.2) is 0 Å². The third-order valence-electron chi connectivity index (χ3n) is 2.80. The third kappa shape index (κ3) is 5.30. The van der Waals surface area contributed by atoms with Crippen LogP contribution in [0.25, 0.3) is 0 Å². The molecule has 1 heterocycles. The van der Waals surface area contributed by atoms with E-state index in [0.717, 1.165) is 5.57 Å². The van der Waals surface area contributed by atoms with Gasteiger partial charge in [-0.15, -0.1) is 0 Å². The molecule has 6 nitrogen and oxygen atoms in total. The minimum Gasteiger partial charge on any atom is -0.367 e. The van der Waals surface area contributed by atoms with Crippen molar-refractivity contribution in [3.63, 3.8) is 0 Å². The minimum atomic E-state index is -0.180. The van der Waals surface area contributed by atoms with E-state index in [9.17, 15) is 9.59 Å². The zero-order valence-electron chi connectivity index (χ0n) is 11.9. The van der Waals surface area contributed by atoms with Gasteiger partial charge < -0.3 is 20.3 Å². The summed E-state index contributed by atoms with van der Waals surface area (Å²) in [6, 6.07) is -0.0223. The van der Waals surface area contributed by atoms with Crippen LogP contribution in [0, 0.1) is 0 Å². The fourth-order valence-electron chi connectivity index (χ4n) is 1.88. The smallest absolute Gasteiger partial charge is 0.317 e. The van der Waals surface area contributed by atoms with Crippen LogP contribution in [0.3, 0.4) is 0 Å². The molecule has 0 aromatic carbocycles. The number of carbonyl (C=O) groups is 2. The predicted molar refractivity (Wildman–Crippen MR) is 72.8 cm³/mol. The number of hydrogen-bond donors (Lipinski definition) is 2. The zero-order chi connectivity index (χ0) is 14.4. The van der Waals surface area contributed by atoms with Crippen LogP contribution < -0.4 is 10.6 Å². The lowest BCUT2D eigenvalue weighted by Crippen LogP contribution is -2.46. The Bertz CT molecular complexity index is 357. The number of rotatable bonds is 7. The number of nitrogens with zero attached hydrogens (tertiary/aromatic N) is 1. The van der Waals surface area contributed by atoms with Crippen molar-refractivity contribution in [1.29, 1.82) is 0 Å². The van der Waals surface area contributed by atoms with Gasteiger partial charge in [0.2, 0.25) is 5.91 Å². The van der Waals surface area contributed by atoms with E-state index in [1.807, 2.05) is 20.8 Å². The molecule has 0 aromatic heterocycles. The Morgan fingerprint density at radius 1 is 1.63 bits per heavy atom. The van der Waals surface area contributed by atoms with Gasteiger partial charge in [0.1, 0.15) is 6.61 Å². The topological polar surface area (TPSA) is 70.7 Å². The molecule has 1 rings (SSSR count). The van der Waals surface area contributed by atoms with Crippen molar-refractivity contribution in [1.82, 2.24) is 15.5 Å². The quantitative estimate of drug-likeness (QED) is 0.661. The third-order valence-corrected chi connectivity index (χ3v) is 2.80. The van der Waals surface area contributed by atoms with Crippen molar-refractivity contribution in [2.45, 2.75) is 32.9 Å². The molecule has 19 heavy (non-hydrogen) atoms. The molecular weight excluding hydrogens is 246 g/mol. The predicted octanol–water partition coefficient (Wildman–Crippen LogP) is 0.498. The number of urea groups is 1. The molecule has 6 heteroatoms. The van der Waals surface area contributed by atoms with E-state index in [1.165, 1.54) is 0 Å².